The number of hydrogen-bond acceptors (Lipinski definition) is 3. The van der Waals surface area contributed by atoms with E-state index < -0.39 is 29.7 Å². The highest BCUT2D eigenvalue weighted by molar-refractivity contribution is 6.30. The number of ether oxygens (including phenoxy) is 1. The molecule has 0 spiro atoms. The van der Waals surface area contributed by atoms with Crippen LogP contribution in [0.3, 0.4) is 0 Å². The van der Waals surface area contributed by atoms with Gasteiger partial charge in [0.15, 0.2) is 5.78 Å². The normalized spacial score (nSPS) is 18.7. The molecule has 0 fully saturated rings. The van der Waals surface area contributed by atoms with Gasteiger partial charge in [0, 0.05) is 22.6 Å². The molecule has 28 heavy (non-hydrogen) atoms. The van der Waals surface area contributed by atoms with E-state index >= 15 is 0 Å². The van der Waals surface area contributed by atoms with Crippen LogP contribution in [0.25, 0.3) is 6.08 Å². The summed E-state index contributed by atoms with van der Waals surface area (Å²) in [5, 5.41) is 9.74. The van der Waals surface area contributed by atoms with Crippen molar-refractivity contribution in [1.29, 1.82) is 0 Å². The molecular formula is C20H14ClF3O4. The Labute approximate surface area is 163 Å². The number of hydrogen-bond donors (Lipinski definition) is 1. The second-order valence-corrected chi connectivity index (χ2v) is 6.84. The van der Waals surface area contributed by atoms with Crippen molar-refractivity contribution in [3.05, 3.63) is 69.8 Å². The molecule has 0 amide bonds. The van der Waals surface area contributed by atoms with Crippen molar-refractivity contribution in [2.45, 2.75) is 25.1 Å². The molecule has 1 aliphatic heterocycles. The van der Waals surface area contributed by atoms with Gasteiger partial charge in [-0.1, -0.05) is 35.9 Å². The molecule has 1 aliphatic rings. The molecule has 0 radical (unpaired) electrons. The molecular weight excluding hydrogens is 397 g/mol. The van der Waals surface area contributed by atoms with Gasteiger partial charge in [-0.05, 0) is 36.8 Å². The van der Waals surface area contributed by atoms with Crippen LogP contribution in [0, 0.1) is 0 Å². The lowest BCUT2D eigenvalue weighted by atomic mass is 9.82. The lowest BCUT2D eigenvalue weighted by molar-refractivity contribution is -0.235. The Balaban J connectivity index is 2.14. The summed E-state index contributed by atoms with van der Waals surface area (Å²) >= 11 is 5.85. The number of halogens is 4. The Bertz CT molecular complexity index is 980. The lowest BCUT2D eigenvalue weighted by Gasteiger charge is -2.39. The third-order valence-electron chi connectivity index (χ3n) is 4.49. The van der Waals surface area contributed by atoms with Crippen LogP contribution in [-0.4, -0.2) is 28.6 Å². The zero-order valence-corrected chi connectivity index (χ0v) is 15.3. The molecule has 1 atom stereocenters. The summed E-state index contributed by atoms with van der Waals surface area (Å²) in [6.45, 7) is 1.34. The largest absolute Gasteiger partial charge is 0.478 e. The molecule has 0 aromatic heterocycles. The van der Waals surface area contributed by atoms with Crippen LogP contribution in [0.5, 0.6) is 5.75 Å². The molecule has 1 N–H and O–H groups in total. The quantitative estimate of drug-likeness (QED) is 0.725. The Morgan fingerprint density at radius 1 is 1.14 bits per heavy atom. The molecule has 4 nitrogen and oxygen atoms in total. The first kappa shape index (κ1) is 19.9. The number of carbonyl (C=O) groups excluding carboxylic acids is 1. The van der Waals surface area contributed by atoms with Crippen molar-refractivity contribution >= 4 is 29.4 Å². The van der Waals surface area contributed by atoms with Crippen molar-refractivity contribution in [2.24, 2.45) is 0 Å². The monoisotopic (exact) mass is 410 g/mol. The van der Waals surface area contributed by atoms with Gasteiger partial charge in [-0.25, -0.2) is 4.79 Å². The van der Waals surface area contributed by atoms with E-state index in [0.717, 1.165) is 6.08 Å². The predicted octanol–water partition coefficient (Wildman–Crippen LogP) is 4.95. The summed E-state index contributed by atoms with van der Waals surface area (Å²) in [4.78, 5) is 23.1. The van der Waals surface area contributed by atoms with Crippen LogP contribution in [-0.2, 0) is 11.2 Å². The smallest absolute Gasteiger partial charge is 0.433 e. The van der Waals surface area contributed by atoms with Gasteiger partial charge in [0.25, 0.3) is 0 Å². The first-order valence-electron chi connectivity index (χ1n) is 8.14. The first-order chi connectivity index (χ1) is 13.0. The summed E-state index contributed by atoms with van der Waals surface area (Å²) in [7, 11) is 0. The molecule has 1 heterocycles. The van der Waals surface area contributed by atoms with Crippen LogP contribution < -0.4 is 4.74 Å². The number of Topliss-reactive ketones (excluding diaryl/α,β-unsaturated/α-hetero) is 1. The van der Waals surface area contributed by atoms with Gasteiger partial charge in [-0.2, -0.15) is 13.2 Å². The SMILES string of the molecule is CC(=O)c1ccc(CC2(C(F)(F)F)Oc3ccc(Cl)cc3C=C2C(=O)O)cc1. The third kappa shape index (κ3) is 3.49. The zero-order chi connectivity index (χ0) is 20.7. The number of alkyl halides is 3. The minimum Gasteiger partial charge on any atom is -0.478 e. The highest BCUT2D eigenvalue weighted by Gasteiger charge is 2.63. The van der Waals surface area contributed by atoms with Gasteiger partial charge in [0.2, 0.25) is 5.60 Å². The van der Waals surface area contributed by atoms with E-state index in [1.54, 1.807) is 0 Å². The lowest BCUT2D eigenvalue weighted by Crippen LogP contribution is -2.56. The highest BCUT2D eigenvalue weighted by atomic mass is 35.5. The van der Waals surface area contributed by atoms with E-state index in [2.05, 4.69) is 0 Å². The van der Waals surface area contributed by atoms with E-state index in [1.165, 1.54) is 49.4 Å². The topological polar surface area (TPSA) is 63.6 Å². The summed E-state index contributed by atoms with van der Waals surface area (Å²) in [5.74, 6) is -2.10. The minimum atomic E-state index is -5.02. The fraction of sp³-hybridized carbons (Fsp3) is 0.200. The zero-order valence-electron chi connectivity index (χ0n) is 14.5. The number of ketones is 1. The molecule has 2 aromatic rings. The predicted molar refractivity (Wildman–Crippen MR) is 96.6 cm³/mol. The van der Waals surface area contributed by atoms with Gasteiger partial charge in [0.05, 0.1) is 5.57 Å². The van der Waals surface area contributed by atoms with E-state index in [1.807, 2.05) is 0 Å². The number of fused-ring (bicyclic) bond motifs is 1. The van der Waals surface area contributed by atoms with Crippen molar-refractivity contribution in [2.75, 3.05) is 0 Å². The Morgan fingerprint density at radius 2 is 1.79 bits per heavy atom. The molecule has 146 valence electrons. The molecule has 0 bridgehead atoms. The molecule has 3 rings (SSSR count). The molecule has 0 aliphatic carbocycles. The second-order valence-electron chi connectivity index (χ2n) is 6.40. The number of benzene rings is 2. The second kappa shape index (κ2) is 6.98. The summed E-state index contributed by atoms with van der Waals surface area (Å²) in [6, 6.07) is 9.45. The van der Waals surface area contributed by atoms with Crippen LogP contribution in [0.15, 0.2) is 48.0 Å². The van der Waals surface area contributed by atoms with Gasteiger partial charge in [-0.3, -0.25) is 4.79 Å². The van der Waals surface area contributed by atoms with Crippen LogP contribution in [0.2, 0.25) is 5.02 Å². The average Bonchev–Trinajstić information content (AvgIpc) is 2.60. The number of carboxylic acid groups (broad SMARTS) is 1. The van der Waals surface area contributed by atoms with Gasteiger partial charge < -0.3 is 9.84 Å². The van der Waals surface area contributed by atoms with Gasteiger partial charge in [0.1, 0.15) is 5.75 Å². The van der Waals surface area contributed by atoms with E-state index in [9.17, 15) is 27.9 Å². The highest BCUT2D eigenvalue weighted by Crippen LogP contribution is 2.47. The Kier molecular flexibility index (Phi) is 4.97. The number of carboxylic acids is 1. The summed E-state index contributed by atoms with van der Waals surface area (Å²) in [6.07, 6.45) is -4.85. The number of aliphatic carboxylic acids is 1. The van der Waals surface area contributed by atoms with Crippen molar-refractivity contribution in [1.82, 2.24) is 0 Å². The molecule has 8 heteroatoms. The van der Waals surface area contributed by atoms with Crippen molar-refractivity contribution in [3.63, 3.8) is 0 Å². The van der Waals surface area contributed by atoms with E-state index in [-0.39, 0.29) is 27.7 Å². The van der Waals surface area contributed by atoms with Crippen LogP contribution in [0.1, 0.15) is 28.4 Å². The molecule has 2 aromatic carbocycles. The molecule has 0 saturated heterocycles. The van der Waals surface area contributed by atoms with Crippen molar-refractivity contribution in [3.8, 4) is 5.75 Å². The molecule has 1 unspecified atom stereocenters. The number of carbonyl (C=O) groups is 2. The Morgan fingerprint density at radius 3 is 2.32 bits per heavy atom. The standard InChI is InChI=1S/C20H14ClF3O4/c1-11(25)13-4-2-12(3-5-13)10-19(20(22,23)24)16(18(26)27)9-14-8-15(21)6-7-17(14)28-19/h2-9H,10H2,1H3,(H,26,27). The summed E-state index contributed by atoms with van der Waals surface area (Å²) in [5.41, 5.74) is -3.37. The average molecular weight is 411 g/mol. The van der Waals surface area contributed by atoms with Gasteiger partial charge in [-0.15, -0.1) is 0 Å². The maximum atomic E-state index is 14.2. The van der Waals surface area contributed by atoms with Crippen LogP contribution >= 0.6 is 11.6 Å². The fourth-order valence-electron chi connectivity index (χ4n) is 3.06. The van der Waals surface area contributed by atoms with Gasteiger partial charge >= 0.3 is 12.1 Å². The van der Waals surface area contributed by atoms with Crippen molar-refractivity contribution < 1.29 is 32.6 Å². The summed E-state index contributed by atoms with van der Waals surface area (Å²) < 4.78 is 47.8. The first-order valence-corrected chi connectivity index (χ1v) is 8.52. The van der Waals surface area contributed by atoms with Crippen LogP contribution in [0.4, 0.5) is 13.2 Å². The Hall–Kier alpha value is -2.80. The number of rotatable bonds is 4. The maximum Gasteiger partial charge on any atom is 0.433 e. The fourth-order valence-corrected chi connectivity index (χ4v) is 3.24. The maximum absolute atomic E-state index is 14.2. The molecule has 0 saturated carbocycles. The third-order valence-corrected chi connectivity index (χ3v) is 4.73. The van der Waals surface area contributed by atoms with E-state index in [4.69, 9.17) is 16.3 Å². The van der Waals surface area contributed by atoms with E-state index in [0.29, 0.717) is 5.56 Å². The minimum absolute atomic E-state index is 0.118.